The second-order valence-electron chi connectivity index (χ2n) is 6.05. The lowest BCUT2D eigenvalue weighted by atomic mass is 10.1. The highest BCUT2D eigenvalue weighted by atomic mass is 19.2. The van der Waals surface area contributed by atoms with Crippen molar-refractivity contribution in [2.24, 2.45) is 4.99 Å². The third-order valence-electron chi connectivity index (χ3n) is 4.49. The predicted molar refractivity (Wildman–Crippen MR) is 81.8 cm³/mol. The van der Waals surface area contributed by atoms with E-state index in [0.29, 0.717) is 12.3 Å². The van der Waals surface area contributed by atoms with Crippen molar-refractivity contribution in [1.29, 1.82) is 0 Å². The van der Waals surface area contributed by atoms with Crippen molar-refractivity contribution in [3.63, 3.8) is 0 Å². The van der Waals surface area contributed by atoms with Crippen LogP contribution in [0.3, 0.4) is 0 Å². The van der Waals surface area contributed by atoms with E-state index >= 15 is 0 Å². The van der Waals surface area contributed by atoms with Gasteiger partial charge in [0.1, 0.15) is 12.6 Å². The SMILES string of the molecule is Fc1c(F)c(F)c(N[NH2+]C2=N[C@@H]3c4ccccc4C[C@@H]3OC2)c(F)c1F. The smallest absolute Gasteiger partial charge is 0.246 e. The first-order valence-corrected chi connectivity index (χ1v) is 7.84. The quantitative estimate of drug-likeness (QED) is 0.280. The van der Waals surface area contributed by atoms with Gasteiger partial charge in [0.15, 0.2) is 29.0 Å². The van der Waals surface area contributed by atoms with Gasteiger partial charge in [-0.3, -0.25) is 0 Å². The topological polar surface area (TPSA) is 50.2 Å². The summed E-state index contributed by atoms with van der Waals surface area (Å²) in [5.41, 5.74) is 4.21. The molecule has 1 heterocycles. The highest BCUT2D eigenvalue weighted by molar-refractivity contribution is 5.75. The number of rotatable bonds is 2. The molecule has 136 valence electrons. The summed E-state index contributed by atoms with van der Waals surface area (Å²) in [7, 11) is 0. The summed E-state index contributed by atoms with van der Waals surface area (Å²) in [5, 5.41) is 0. The van der Waals surface area contributed by atoms with Crippen molar-refractivity contribution in [3.8, 4) is 0 Å². The van der Waals surface area contributed by atoms with Gasteiger partial charge in [0.05, 0.1) is 6.10 Å². The molecule has 26 heavy (non-hydrogen) atoms. The van der Waals surface area contributed by atoms with E-state index in [1.54, 1.807) is 0 Å². The maximum atomic E-state index is 13.7. The molecule has 2 aromatic carbocycles. The molecule has 2 aromatic rings. The number of ether oxygens (including phenoxy) is 1. The monoisotopic (exact) mass is 370 g/mol. The van der Waals surface area contributed by atoms with E-state index in [4.69, 9.17) is 4.74 Å². The molecule has 0 bridgehead atoms. The number of quaternary nitrogens is 1. The van der Waals surface area contributed by atoms with Crippen LogP contribution in [0.25, 0.3) is 0 Å². The Morgan fingerprint density at radius 2 is 1.62 bits per heavy atom. The summed E-state index contributed by atoms with van der Waals surface area (Å²) in [6, 6.07) is 7.43. The van der Waals surface area contributed by atoms with Crippen molar-refractivity contribution in [2.45, 2.75) is 18.6 Å². The van der Waals surface area contributed by atoms with Crippen LogP contribution in [0.4, 0.5) is 27.6 Å². The summed E-state index contributed by atoms with van der Waals surface area (Å²) < 4.78 is 72.7. The van der Waals surface area contributed by atoms with Crippen LogP contribution in [-0.4, -0.2) is 18.5 Å². The van der Waals surface area contributed by atoms with Crippen LogP contribution in [0.5, 0.6) is 0 Å². The van der Waals surface area contributed by atoms with Crippen LogP contribution < -0.4 is 10.9 Å². The summed E-state index contributed by atoms with van der Waals surface area (Å²) in [6.45, 7) is 0.0670. The molecule has 0 saturated carbocycles. The number of aliphatic imine (C=N–C) groups is 1. The Bertz CT molecular complexity index is 889. The number of hydrogen-bond acceptors (Lipinski definition) is 3. The Balaban J connectivity index is 1.57. The number of nitrogens with zero attached hydrogens (tertiary/aromatic N) is 1. The van der Waals surface area contributed by atoms with Crippen molar-refractivity contribution in [3.05, 3.63) is 64.5 Å². The summed E-state index contributed by atoms with van der Waals surface area (Å²) >= 11 is 0. The highest BCUT2D eigenvalue weighted by Crippen LogP contribution is 2.37. The van der Waals surface area contributed by atoms with E-state index in [-0.39, 0.29) is 18.8 Å². The molecular weight excluding hydrogens is 357 g/mol. The van der Waals surface area contributed by atoms with Gasteiger partial charge in [0, 0.05) is 6.42 Å². The summed E-state index contributed by atoms with van der Waals surface area (Å²) in [4.78, 5) is 4.49. The van der Waals surface area contributed by atoms with E-state index in [1.165, 1.54) is 0 Å². The number of fused-ring (bicyclic) bond motifs is 3. The Hall–Kier alpha value is -2.52. The summed E-state index contributed by atoms with van der Waals surface area (Å²) in [6.07, 6.45) is 0.585. The molecule has 4 rings (SSSR count). The van der Waals surface area contributed by atoms with Crippen molar-refractivity contribution in [1.82, 2.24) is 0 Å². The number of benzene rings is 2. The molecule has 4 nitrogen and oxygen atoms in total. The first-order valence-electron chi connectivity index (χ1n) is 7.84. The largest absolute Gasteiger partial charge is 0.363 e. The second kappa shape index (κ2) is 6.33. The molecule has 0 amide bonds. The van der Waals surface area contributed by atoms with Crippen LogP contribution in [-0.2, 0) is 11.2 Å². The Morgan fingerprint density at radius 3 is 2.35 bits per heavy atom. The van der Waals surface area contributed by atoms with E-state index in [1.807, 2.05) is 24.3 Å². The minimum atomic E-state index is -2.20. The molecule has 0 radical (unpaired) electrons. The molecule has 3 N–H and O–H groups in total. The van der Waals surface area contributed by atoms with Crippen molar-refractivity contribution >= 4 is 11.5 Å². The van der Waals surface area contributed by atoms with Gasteiger partial charge in [0.25, 0.3) is 0 Å². The predicted octanol–water partition coefficient (Wildman–Crippen LogP) is 2.37. The maximum Gasteiger partial charge on any atom is 0.246 e. The fourth-order valence-corrected chi connectivity index (χ4v) is 3.21. The molecule has 0 unspecified atom stereocenters. The Morgan fingerprint density at radius 1 is 0.962 bits per heavy atom. The number of halogens is 5. The molecule has 2 aliphatic rings. The van der Waals surface area contributed by atoms with Crippen LogP contribution in [0.15, 0.2) is 29.3 Å². The minimum Gasteiger partial charge on any atom is -0.363 e. The highest BCUT2D eigenvalue weighted by Gasteiger charge is 2.37. The molecule has 2 atom stereocenters. The number of anilines is 1. The van der Waals surface area contributed by atoms with Crippen molar-refractivity contribution < 1.29 is 32.1 Å². The lowest BCUT2D eigenvalue weighted by Crippen LogP contribution is -2.93. The lowest BCUT2D eigenvalue weighted by Gasteiger charge is -2.23. The normalized spacial score (nSPS) is 21.2. The maximum absolute atomic E-state index is 13.7. The van der Waals surface area contributed by atoms with Crippen molar-refractivity contribution in [2.75, 3.05) is 12.0 Å². The zero-order chi connectivity index (χ0) is 18.4. The van der Waals surface area contributed by atoms with E-state index < -0.39 is 34.8 Å². The molecular formula is C17H13F5N3O+. The van der Waals surface area contributed by atoms with E-state index in [2.05, 4.69) is 10.4 Å². The minimum absolute atomic E-state index is 0.0670. The average Bonchev–Trinajstić information content (AvgIpc) is 3.03. The van der Waals surface area contributed by atoms with Gasteiger partial charge >= 0.3 is 0 Å². The van der Waals surface area contributed by atoms with Gasteiger partial charge in [-0.1, -0.05) is 24.3 Å². The van der Waals surface area contributed by atoms with Gasteiger partial charge < -0.3 is 4.74 Å². The Labute approximate surface area is 144 Å². The van der Waals surface area contributed by atoms with Crippen LogP contribution in [0.2, 0.25) is 0 Å². The zero-order valence-corrected chi connectivity index (χ0v) is 13.2. The second-order valence-corrected chi connectivity index (χ2v) is 6.05. The molecule has 1 aliphatic carbocycles. The third-order valence-corrected chi connectivity index (χ3v) is 4.49. The average molecular weight is 370 g/mol. The first kappa shape index (κ1) is 16.9. The van der Waals surface area contributed by atoms with Gasteiger partial charge in [-0.2, -0.15) is 5.43 Å². The standard InChI is InChI=1S/C17H12F5N3O/c18-11-12(19)14(21)17(15(22)13(11)20)25-24-10-6-26-9-5-7-3-1-2-4-8(7)16(9)23-10/h1-4,9,16,25H,5-6H2,(H,23,24)/p+1/t9-,16+/m0/s1. The first-order chi connectivity index (χ1) is 12.5. The van der Waals surface area contributed by atoms with E-state index in [0.717, 1.165) is 16.6 Å². The summed E-state index contributed by atoms with van der Waals surface area (Å²) in [5.74, 6) is -9.77. The molecule has 9 heteroatoms. The van der Waals surface area contributed by atoms with Gasteiger partial charge in [0.2, 0.25) is 11.7 Å². The van der Waals surface area contributed by atoms with Gasteiger partial charge in [-0.05, 0) is 11.1 Å². The number of hydrogen-bond donors (Lipinski definition) is 2. The number of amidine groups is 1. The molecule has 0 aromatic heterocycles. The van der Waals surface area contributed by atoms with Gasteiger partial charge in [-0.25, -0.2) is 32.4 Å². The fraction of sp³-hybridized carbons (Fsp3) is 0.235. The third kappa shape index (κ3) is 2.63. The van der Waals surface area contributed by atoms with E-state index in [9.17, 15) is 22.0 Å². The molecule has 1 aliphatic heterocycles. The molecule has 0 spiro atoms. The number of nitrogens with two attached hydrogens (primary N) is 1. The number of nitrogens with one attached hydrogen (secondary N) is 1. The lowest BCUT2D eigenvalue weighted by molar-refractivity contribution is -0.511. The molecule has 0 fully saturated rings. The number of nitrogen functional groups attached to an aromatic ring is 1. The fourth-order valence-electron chi connectivity index (χ4n) is 3.21. The van der Waals surface area contributed by atoms with Crippen LogP contribution >= 0.6 is 0 Å². The Kier molecular flexibility index (Phi) is 4.12. The van der Waals surface area contributed by atoms with Crippen LogP contribution in [0, 0.1) is 29.1 Å². The van der Waals surface area contributed by atoms with Gasteiger partial charge in [-0.15, -0.1) is 0 Å². The zero-order valence-electron chi connectivity index (χ0n) is 13.2. The van der Waals surface area contributed by atoms with Crippen LogP contribution in [0.1, 0.15) is 17.2 Å². The molecule has 0 saturated heterocycles.